The van der Waals surface area contributed by atoms with Crippen LogP contribution >= 0.6 is 11.3 Å². The molecule has 2 N–H and O–H groups in total. The predicted octanol–water partition coefficient (Wildman–Crippen LogP) is 8.45. The Kier molecular flexibility index (Phi) is 20.7. The van der Waals surface area contributed by atoms with E-state index in [9.17, 15) is 9.59 Å². The van der Waals surface area contributed by atoms with Gasteiger partial charge < -0.3 is 15.0 Å². The summed E-state index contributed by atoms with van der Waals surface area (Å²) in [4.78, 5) is 31.3. The molecule has 6 nitrogen and oxygen atoms in total. The van der Waals surface area contributed by atoms with E-state index in [1.165, 1.54) is 49.3 Å². The molecule has 0 aliphatic carbocycles. The monoisotopic (exact) mass is 557 g/mol. The fourth-order valence-electron chi connectivity index (χ4n) is 3.52. The molecule has 2 heterocycles. The Morgan fingerprint density at radius 2 is 1.85 bits per heavy atom. The van der Waals surface area contributed by atoms with Crippen molar-refractivity contribution in [2.75, 3.05) is 20.3 Å². The molecular formula is C32H51N3O3S. The van der Waals surface area contributed by atoms with Crippen LogP contribution in [0.15, 0.2) is 58.4 Å². The van der Waals surface area contributed by atoms with Crippen molar-refractivity contribution in [3.8, 4) is 10.6 Å². The molecule has 0 amide bonds. The van der Waals surface area contributed by atoms with Crippen molar-refractivity contribution < 1.29 is 9.53 Å². The molecule has 0 aliphatic rings. The first kappa shape index (κ1) is 36.4. The van der Waals surface area contributed by atoms with Crippen LogP contribution in [-0.4, -0.2) is 36.0 Å². The molecule has 2 aromatic heterocycles. The minimum atomic E-state index is -0.253. The number of hydrogen-bond acceptors (Lipinski definition) is 6. The zero-order valence-corrected chi connectivity index (χ0v) is 26.3. The molecular weight excluding hydrogens is 506 g/mol. The van der Waals surface area contributed by atoms with E-state index in [2.05, 4.69) is 64.5 Å². The summed E-state index contributed by atoms with van der Waals surface area (Å²) in [6, 6.07) is 1.51. The number of nitrogens with one attached hydrogen (secondary N) is 2. The van der Waals surface area contributed by atoms with Crippen LogP contribution in [0.4, 0.5) is 0 Å². The summed E-state index contributed by atoms with van der Waals surface area (Å²) in [5.41, 5.74) is 3.89. The minimum absolute atomic E-state index is 0.0946. The number of pyridine rings is 1. The number of thiazole rings is 1. The molecule has 0 radical (unpaired) electrons. The Balaban J connectivity index is 0.00000111. The zero-order chi connectivity index (χ0) is 29.6. The first-order chi connectivity index (χ1) is 18.7. The topological polar surface area (TPSA) is 84.1 Å². The molecule has 2 aromatic rings. The SMILES string of the molecule is C=C/C=C\C(=C(/C)CCC)C(NC)c1csc(-c2cc(C(C)=O)c[nH]c2=O)n1.CCC.CCCCOCCC. The fourth-order valence-corrected chi connectivity index (χ4v) is 4.38. The van der Waals surface area contributed by atoms with Crippen molar-refractivity contribution in [1.29, 1.82) is 0 Å². The molecule has 0 saturated heterocycles. The Bertz CT molecular complexity index is 1080. The molecule has 2 rings (SSSR count). The molecule has 0 spiro atoms. The second-order valence-corrected chi connectivity index (χ2v) is 10.1. The van der Waals surface area contributed by atoms with Gasteiger partial charge in [0.25, 0.3) is 5.56 Å². The highest BCUT2D eigenvalue weighted by Gasteiger charge is 2.20. The van der Waals surface area contributed by atoms with E-state index in [-0.39, 0.29) is 17.4 Å². The number of carbonyl (C=O) groups excluding carboxylic acids is 1. The third kappa shape index (κ3) is 13.8. The first-order valence-electron chi connectivity index (χ1n) is 14.2. The lowest BCUT2D eigenvalue weighted by atomic mass is 9.96. The normalized spacial score (nSPS) is 12.1. The Morgan fingerprint density at radius 1 is 1.15 bits per heavy atom. The second-order valence-electron chi connectivity index (χ2n) is 9.24. The van der Waals surface area contributed by atoms with Gasteiger partial charge in [0.2, 0.25) is 0 Å². The highest BCUT2D eigenvalue weighted by Crippen LogP contribution is 2.31. The van der Waals surface area contributed by atoms with Gasteiger partial charge in [-0.25, -0.2) is 4.98 Å². The van der Waals surface area contributed by atoms with Crippen LogP contribution in [0.1, 0.15) is 109 Å². The van der Waals surface area contributed by atoms with Gasteiger partial charge in [-0.05, 0) is 51.8 Å². The number of carbonyl (C=O) groups is 1. The van der Waals surface area contributed by atoms with Crippen molar-refractivity contribution in [3.63, 3.8) is 0 Å². The van der Waals surface area contributed by atoms with Gasteiger partial charge in [-0.3, -0.25) is 9.59 Å². The minimum Gasteiger partial charge on any atom is -0.381 e. The second kappa shape index (κ2) is 22.2. The molecule has 218 valence electrons. The van der Waals surface area contributed by atoms with Crippen LogP contribution in [0.5, 0.6) is 0 Å². The number of Topliss-reactive ketones (excluding diaryl/α,β-unsaturated/α-hetero) is 1. The Labute approximate surface area is 240 Å². The summed E-state index contributed by atoms with van der Waals surface area (Å²) < 4.78 is 5.22. The number of rotatable bonds is 14. The largest absolute Gasteiger partial charge is 0.381 e. The Hall–Kier alpha value is -2.61. The number of nitrogens with zero attached hydrogens (tertiary/aromatic N) is 1. The van der Waals surface area contributed by atoms with Gasteiger partial charge in [0.05, 0.1) is 17.3 Å². The third-order valence-corrected chi connectivity index (χ3v) is 6.37. The molecule has 7 heteroatoms. The van der Waals surface area contributed by atoms with Gasteiger partial charge in [-0.15, -0.1) is 11.3 Å². The molecule has 0 aliphatic heterocycles. The van der Waals surface area contributed by atoms with Gasteiger partial charge in [0.15, 0.2) is 5.78 Å². The Morgan fingerprint density at radius 3 is 2.38 bits per heavy atom. The standard InChI is InChI=1S/C22H27N3O2S.C7H16O.C3H8/c1-6-8-10-17(14(3)9-7-2)20(23-5)19-13-28-22(25-19)18-11-16(15(4)26)12-24-21(18)27;1-3-5-7-8-6-4-2;1-3-2/h6,8,10-13,20,23H,1,7,9H2,2-5H3,(H,24,27);3-7H2,1-2H3;3H2,1-2H3/b10-8-,17-14-;;. The van der Waals surface area contributed by atoms with E-state index in [0.717, 1.165) is 43.7 Å². The van der Waals surface area contributed by atoms with Crippen LogP contribution in [0, 0.1) is 0 Å². The summed E-state index contributed by atoms with van der Waals surface area (Å²) in [5.74, 6) is -0.0997. The molecule has 39 heavy (non-hydrogen) atoms. The number of likely N-dealkylation sites (N-methyl/N-ethyl adjacent to an activating group) is 1. The van der Waals surface area contributed by atoms with E-state index in [1.54, 1.807) is 12.1 Å². The lowest BCUT2D eigenvalue weighted by molar-refractivity contribution is 0.101. The molecule has 0 aromatic carbocycles. The molecule has 0 saturated carbocycles. The maximum atomic E-state index is 12.3. The number of allylic oxidation sites excluding steroid dienone is 3. The van der Waals surface area contributed by atoms with Gasteiger partial charge in [0, 0.05) is 30.4 Å². The van der Waals surface area contributed by atoms with Gasteiger partial charge in [-0.2, -0.15) is 0 Å². The molecule has 1 atom stereocenters. The quantitative estimate of drug-likeness (QED) is 0.138. The molecule has 0 fully saturated rings. The maximum Gasteiger partial charge on any atom is 0.258 e. The van der Waals surface area contributed by atoms with Crippen molar-refractivity contribution in [1.82, 2.24) is 15.3 Å². The molecule has 1 unspecified atom stereocenters. The van der Waals surface area contributed by atoms with Crippen molar-refractivity contribution >= 4 is 17.1 Å². The summed E-state index contributed by atoms with van der Waals surface area (Å²) >= 11 is 1.40. The number of aromatic amines is 1. The highest BCUT2D eigenvalue weighted by molar-refractivity contribution is 7.13. The van der Waals surface area contributed by atoms with Crippen LogP contribution in [0.25, 0.3) is 10.6 Å². The summed E-state index contributed by atoms with van der Waals surface area (Å²) in [6.45, 7) is 20.0. The lowest BCUT2D eigenvalue weighted by Crippen LogP contribution is -2.19. The number of ether oxygens (including phenoxy) is 1. The van der Waals surface area contributed by atoms with E-state index < -0.39 is 0 Å². The number of unbranched alkanes of at least 4 members (excludes halogenated alkanes) is 1. The van der Waals surface area contributed by atoms with Crippen LogP contribution in [-0.2, 0) is 4.74 Å². The van der Waals surface area contributed by atoms with E-state index in [0.29, 0.717) is 16.1 Å². The van der Waals surface area contributed by atoms with E-state index in [1.807, 2.05) is 18.5 Å². The van der Waals surface area contributed by atoms with Gasteiger partial charge in [0.1, 0.15) is 5.01 Å². The van der Waals surface area contributed by atoms with Crippen molar-refractivity contribution in [2.45, 2.75) is 93.0 Å². The first-order valence-corrected chi connectivity index (χ1v) is 15.1. The van der Waals surface area contributed by atoms with E-state index >= 15 is 0 Å². The average Bonchev–Trinajstić information content (AvgIpc) is 3.39. The maximum absolute atomic E-state index is 12.3. The summed E-state index contributed by atoms with van der Waals surface area (Å²) in [5, 5.41) is 5.89. The lowest BCUT2D eigenvalue weighted by Gasteiger charge is -2.19. The van der Waals surface area contributed by atoms with Crippen LogP contribution in [0.3, 0.4) is 0 Å². The fraction of sp³-hybridized carbons (Fsp3) is 0.531. The van der Waals surface area contributed by atoms with Crippen LogP contribution in [0.2, 0.25) is 0 Å². The van der Waals surface area contributed by atoms with Gasteiger partial charge >= 0.3 is 0 Å². The average molecular weight is 558 g/mol. The number of ketones is 1. The predicted molar refractivity (Wildman–Crippen MR) is 169 cm³/mol. The third-order valence-electron chi connectivity index (χ3n) is 5.48. The number of aromatic nitrogens is 2. The van der Waals surface area contributed by atoms with Crippen LogP contribution < -0.4 is 10.9 Å². The van der Waals surface area contributed by atoms with Crippen molar-refractivity contribution in [2.24, 2.45) is 0 Å². The smallest absolute Gasteiger partial charge is 0.258 e. The number of hydrogen-bond donors (Lipinski definition) is 2. The summed E-state index contributed by atoms with van der Waals surface area (Å²) in [7, 11) is 1.90. The zero-order valence-electron chi connectivity index (χ0n) is 25.5. The number of H-pyrrole nitrogens is 1. The molecule has 0 bridgehead atoms. The van der Waals surface area contributed by atoms with E-state index in [4.69, 9.17) is 9.72 Å². The van der Waals surface area contributed by atoms with Gasteiger partial charge in [-0.1, -0.05) is 84.3 Å². The van der Waals surface area contributed by atoms with Crippen molar-refractivity contribution in [3.05, 3.63) is 75.2 Å². The highest BCUT2D eigenvalue weighted by atomic mass is 32.1. The summed E-state index contributed by atoms with van der Waals surface area (Å²) in [6.07, 6.45) is 14.1.